The number of carbonyl (C=O) groups is 1. The molecule has 8 heteroatoms. The summed E-state index contributed by atoms with van der Waals surface area (Å²) in [4.78, 5) is 10.5. The SMILES string of the molecule is NC(=O)NC[C@@H]1CCCc2cc(S(=O)(=O)c3cccc(F)c3)cc(F)c21. The smallest absolute Gasteiger partial charge is 0.312 e. The van der Waals surface area contributed by atoms with Gasteiger partial charge in [-0.2, -0.15) is 0 Å². The Labute approximate surface area is 150 Å². The second kappa shape index (κ2) is 7.03. The molecule has 0 saturated heterocycles. The van der Waals surface area contributed by atoms with Gasteiger partial charge < -0.3 is 11.1 Å². The fourth-order valence-corrected chi connectivity index (χ4v) is 4.70. The van der Waals surface area contributed by atoms with Gasteiger partial charge in [0, 0.05) is 12.5 Å². The van der Waals surface area contributed by atoms with Crippen molar-refractivity contribution in [3.05, 3.63) is 59.2 Å². The van der Waals surface area contributed by atoms with Crippen LogP contribution in [0.2, 0.25) is 0 Å². The normalized spacial score (nSPS) is 16.8. The molecule has 0 heterocycles. The average molecular weight is 380 g/mol. The predicted octanol–water partition coefficient (Wildman–Crippen LogP) is 2.89. The summed E-state index contributed by atoms with van der Waals surface area (Å²) in [6.07, 6.45) is 1.94. The quantitative estimate of drug-likeness (QED) is 0.855. The summed E-state index contributed by atoms with van der Waals surface area (Å²) in [5.74, 6) is -1.59. The minimum absolute atomic E-state index is 0.190. The van der Waals surface area contributed by atoms with Crippen molar-refractivity contribution in [1.29, 1.82) is 0 Å². The standard InChI is InChI=1S/C18H18F2N2O3S/c19-13-5-2-6-14(8-13)26(24,25)15-7-11-3-1-4-12(10-22-18(21)23)17(11)16(20)9-15/h2,5-9,12H,1,3-4,10H2,(H3,21,22,23)/t12-/m0/s1. The Hall–Kier alpha value is -2.48. The Morgan fingerprint density at radius 3 is 2.65 bits per heavy atom. The van der Waals surface area contributed by atoms with Gasteiger partial charge in [-0.15, -0.1) is 0 Å². The van der Waals surface area contributed by atoms with Crippen molar-refractivity contribution < 1.29 is 22.0 Å². The number of fused-ring (bicyclic) bond motifs is 1. The Morgan fingerprint density at radius 2 is 1.96 bits per heavy atom. The van der Waals surface area contributed by atoms with E-state index in [0.717, 1.165) is 24.6 Å². The van der Waals surface area contributed by atoms with Gasteiger partial charge in [-0.25, -0.2) is 22.0 Å². The third-order valence-electron chi connectivity index (χ3n) is 4.54. The zero-order chi connectivity index (χ0) is 18.9. The number of primary amides is 1. The van der Waals surface area contributed by atoms with Gasteiger partial charge in [-0.1, -0.05) is 6.07 Å². The number of carbonyl (C=O) groups excluding carboxylic acids is 1. The maximum Gasteiger partial charge on any atom is 0.312 e. The monoisotopic (exact) mass is 380 g/mol. The fraction of sp³-hybridized carbons (Fsp3) is 0.278. The number of benzene rings is 2. The first-order valence-electron chi connectivity index (χ1n) is 8.15. The summed E-state index contributed by atoms with van der Waals surface area (Å²) < 4.78 is 53.6. The maximum absolute atomic E-state index is 14.7. The van der Waals surface area contributed by atoms with Crippen LogP contribution in [0, 0.1) is 11.6 Å². The van der Waals surface area contributed by atoms with Gasteiger partial charge in [0.05, 0.1) is 9.79 Å². The molecule has 0 fully saturated rings. The first-order chi connectivity index (χ1) is 12.3. The lowest BCUT2D eigenvalue weighted by molar-refractivity contribution is 0.247. The van der Waals surface area contributed by atoms with Gasteiger partial charge in [0.15, 0.2) is 0 Å². The van der Waals surface area contributed by atoms with E-state index in [-0.39, 0.29) is 22.3 Å². The van der Waals surface area contributed by atoms with Crippen molar-refractivity contribution in [1.82, 2.24) is 5.32 Å². The molecule has 26 heavy (non-hydrogen) atoms. The van der Waals surface area contributed by atoms with Crippen LogP contribution < -0.4 is 11.1 Å². The number of nitrogens with two attached hydrogens (primary N) is 1. The number of amides is 2. The molecule has 138 valence electrons. The van der Waals surface area contributed by atoms with Gasteiger partial charge in [-0.3, -0.25) is 0 Å². The van der Waals surface area contributed by atoms with Crippen LogP contribution in [0.1, 0.15) is 29.9 Å². The van der Waals surface area contributed by atoms with E-state index in [1.54, 1.807) is 0 Å². The highest BCUT2D eigenvalue weighted by molar-refractivity contribution is 7.91. The topological polar surface area (TPSA) is 89.3 Å². The Bertz CT molecular complexity index is 961. The number of sulfone groups is 1. The molecule has 0 radical (unpaired) electrons. The first-order valence-corrected chi connectivity index (χ1v) is 9.63. The van der Waals surface area contributed by atoms with E-state index < -0.39 is 27.5 Å². The minimum atomic E-state index is -4.03. The summed E-state index contributed by atoms with van der Waals surface area (Å²) in [5.41, 5.74) is 6.06. The minimum Gasteiger partial charge on any atom is -0.352 e. The number of hydrogen-bond acceptors (Lipinski definition) is 3. The van der Waals surface area contributed by atoms with E-state index in [2.05, 4.69) is 5.32 Å². The van der Waals surface area contributed by atoms with Crippen LogP contribution >= 0.6 is 0 Å². The van der Waals surface area contributed by atoms with E-state index in [9.17, 15) is 22.0 Å². The molecule has 0 unspecified atom stereocenters. The van der Waals surface area contributed by atoms with Gasteiger partial charge in [-0.05, 0) is 60.7 Å². The van der Waals surface area contributed by atoms with Crippen molar-refractivity contribution in [3.8, 4) is 0 Å². The van der Waals surface area contributed by atoms with Crippen molar-refractivity contribution in [3.63, 3.8) is 0 Å². The van der Waals surface area contributed by atoms with Crippen molar-refractivity contribution in [2.75, 3.05) is 6.54 Å². The number of nitrogens with one attached hydrogen (secondary N) is 1. The van der Waals surface area contributed by atoms with Crippen LogP contribution in [0.25, 0.3) is 0 Å². The number of urea groups is 1. The molecule has 0 aromatic heterocycles. The van der Waals surface area contributed by atoms with Crippen molar-refractivity contribution in [2.45, 2.75) is 35.0 Å². The van der Waals surface area contributed by atoms with Gasteiger partial charge >= 0.3 is 6.03 Å². The second-order valence-corrected chi connectivity index (χ2v) is 8.22. The third-order valence-corrected chi connectivity index (χ3v) is 6.27. The highest BCUT2D eigenvalue weighted by Crippen LogP contribution is 2.36. The number of hydrogen-bond donors (Lipinski definition) is 2. The molecule has 2 aromatic carbocycles. The molecule has 1 aliphatic rings. The van der Waals surface area contributed by atoms with Crippen molar-refractivity contribution in [2.24, 2.45) is 5.73 Å². The molecule has 3 N–H and O–H groups in total. The van der Waals surface area contributed by atoms with E-state index in [0.29, 0.717) is 24.0 Å². The number of rotatable bonds is 4. The molecule has 0 spiro atoms. The summed E-state index contributed by atoms with van der Waals surface area (Å²) in [6, 6.07) is 6.33. The summed E-state index contributed by atoms with van der Waals surface area (Å²) in [6.45, 7) is 0.190. The lowest BCUT2D eigenvalue weighted by Crippen LogP contribution is -2.34. The molecule has 0 bridgehead atoms. The molecule has 2 aromatic rings. The van der Waals surface area contributed by atoms with Crippen LogP contribution in [0.15, 0.2) is 46.2 Å². The highest BCUT2D eigenvalue weighted by Gasteiger charge is 2.28. The molecule has 5 nitrogen and oxygen atoms in total. The fourth-order valence-electron chi connectivity index (χ4n) is 3.35. The van der Waals surface area contributed by atoms with Gasteiger partial charge in [0.2, 0.25) is 9.84 Å². The molecule has 0 saturated carbocycles. The van der Waals surface area contributed by atoms with E-state index in [1.165, 1.54) is 18.2 Å². The van der Waals surface area contributed by atoms with Crippen LogP contribution in [-0.2, 0) is 16.3 Å². The number of aryl methyl sites for hydroxylation is 1. The zero-order valence-corrected chi connectivity index (χ0v) is 14.7. The third kappa shape index (κ3) is 3.55. The summed E-state index contributed by atoms with van der Waals surface area (Å²) in [5, 5.41) is 2.47. The van der Waals surface area contributed by atoms with E-state index >= 15 is 0 Å². The van der Waals surface area contributed by atoms with Crippen LogP contribution in [0.3, 0.4) is 0 Å². The van der Waals surface area contributed by atoms with E-state index in [4.69, 9.17) is 5.73 Å². The van der Waals surface area contributed by atoms with Crippen molar-refractivity contribution >= 4 is 15.9 Å². The number of halogens is 2. The lowest BCUT2D eigenvalue weighted by Gasteiger charge is -2.26. The lowest BCUT2D eigenvalue weighted by atomic mass is 9.82. The van der Waals surface area contributed by atoms with Crippen LogP contribution in [-0.4, -0.2) is 21.0 Å². The maximum atomic E-state index is 14.7. The molecular weight excluding hydrogens is 362 g/mol. The second-order valence-electron chi connectivity index (χ2n) is 6.27. The summed E-state index contributed by atoms with van der Waals surface area (Å²) >= 11 is 0. The molecule has 3 rings (SSSR count). The Kier molecular flexibility index (Phi) is 4.95. The Morgan fingerprint density at radius 1 is 1.19 bits per heavy atom. The van der Waals surface area contributed by atoms with E-state index in [1.807, 2.05) is 0 Å². The average Bonchev–Trinajstić information content (AvgIpc) is 2.59. The summed E-state index contributed by atoms with van der Waals surface area (Å²) in [7, 11) is -4.03. The zero-order valence-electron chi connectivity index (χ0n) is 13.8. The predicted molar refractivity (Wildman–Crippen MR) is 91.5 cm³/mol. The largest absolute Gasteiger partial charge is 0.352 e. The Balaban J connectivity index is 2.02. The highest BCUT2D eigenvalue weighted by atomic mass is 32.2. The van der Waals surface area contributed by atoms with Gasteiger partial charge in [0.1, 0.15) is 11.6 Å². The van der Waals surface area contributed by atoms with Crippen LogP contribution in [0.4, 0.5) is 13.6 Å². The van der Waals surface area contributed by atoms with Gasteiger partial charge in [0.25, 0.3) is 0 Å². The first kappa shape index (κ1) is 18.3. The van der Waals surface area contributed by atoms with Crippen LogP contribution in [0.5, 0.6) is 0 Å². The molecule has 0 aliphatic heterocycles. The molecule has 1 aliphatic carbocycles. The molecule has 2 amide bonds. The molecular formula is C18H18F2N2O3S. The molecule has 1 atom stereocenters.